The average molecular weight is 543 g/mol. The van der Waals surface area contributed by atoms with Crippen molar-refractivity contribution in [3.05, 3.63) is 158 Å². The third-order valence-electron chi connectivity index (χ3n) is 8.23. The second-order valence-electron chi connectivity index (χ2n) is 10.4. The molecule has 194 valence electrons. The number of nitrogens with zero attached hydrogens (tertiary/aromatic N) is 2. The number of rotatable bonds is 5. The summed E-state index contributed by atoms with van der Waals surface area (Å²) in [5.41, 5.74) is 3.64. The Morgan fingerprint density at radius 3 is 1.61 bits per heavy atom. The van der Waals surface area contributed by atoms with Crippen LogP contribution in [0.5, 0.6) is 0 Å². The van der Waals surface area contributed by atoms with Crippen molar-refractivity contribution in [3.8, 4) is 5.69 Å². The summed E-state index contributed by atoms with van der Waals surface area (Å²) in [6.45, 7) is 0. The lowest BCUT2D eigenvalue weighted by molar-refractivity contribution is 0.645. The molecule has 8 aromatic rings. The van der Waals surface area contributed by atoms with Gasteiger partial charge in [-0.2, -0.15) is 0 Å². The number of fused-ring (bicyclic) bond motifs is 5. The van der Waals surface area contributed by atoms with E-state index in [2.05, 4.69) is 138 Å². The molecule has 0 aliphatic rings. The molecule has 5 aromatic carbocycles. The van der Waals surface area contributed by atoms with Crippen LogP contribution in [0.4, 0.5) is 0 Å². The predicted octanol–water partition coefficient (Wildman–Crippen LogP) is 6.30. The van der Waals surface area contributed by atoms with Crippen LogP contribution in [0.3, 0.4) is 0 Å². The predicted molar refractivity (Wildman–Crippen MR) is 172 cm³/mol. The molecule has 0 amide bonds. The summed E-state index contributed by atoms with van der Waals surface area (Å²) in [5.74, 6) is 0. The lowest BCUT2D eigenvalue weighted by Crippen LogP contribution is -2.74. The average Bonchev–Trinajstić information content (AvgIpc) is 3.58. The first-order chi connectivity index (χ1) is 20.4. The van der Waals surface area contributed by atoms with E-state index in [1.807, 2.05) is 24.4 Å². The molecule has 0 saturated carbocycles. The maximum absolute atomic E-state index is 6.46. The Labute approximate surface area is 239 Å². The van der Waals surface area contributed by atoms with Crippen LogP contribution in [0.1, 0.15) is 0 Å². The molecule has 0 spiro atoms. The Kier molecular flexibility index (Phi) is 5.47. The van der Waals surface area contributed by atoms with E-state index in [1.165, 1.54) is 20.7 Å². The van der Waals surface area contributed by atoms with Gasteiger partial charge in [-0.1, -0.05) is 121 Å². The lowest BCUT2D eigenvalue weighted by Gasteiger charge is -2.34. The summed E-state index contributed by atoms with van der Waals surface area (Å²) in [4.78, 5) is 4.80. The van der Waals surface area contributed by atoms with Gasteiger partial charge in [-0.3, -0.25) is 4.57 Å². The van der Waals surface area contributed by atoms with Crippen molar-refractivity contribution in [3.63, 3.8) is 0 Å². The normalized spacial score (nSPS) is 11.9. The van der Waals surface area contributed by atoms with Crippen molar-refractivity contribution in [2.75, 3.05) is 0 Å². The van der Waals surface area contributed by atoms with Gasteiger partial charge in [0, 0.05) is 17.0 Å². The number of furan rings is 1. The molecule has 3 nitrogen and oxygen atoms in total. The second kappa shape index (κ2) is 9.47. The summed E-state index contributed by atoms with van der Waals surface area (Å²) in [6, 6.07) is 54.5. The summed E-state index contributed by atoms with van der Waals surface area (Å²) >= 11 is 0. The Morgan fingerprint density at radius 1 is 0.488 bits per heavy atom. The first-order valence-electron chi connectivity index (χ1n) is 13.9. The maximum Gasteiger partial charge on any atom is 0.215 e. The SMILES string of the molecule is c1ccc([Si](c2ccccc2)(c2ccccc2)c2ccc(-n3c4ncccc4c4c5ccccc5oc43)cc2)cc1. The van der Waals surface area contributed by atoms with Gasteiger partial charge >= 0.3 is 0 Å². The van der Waals surface area contributed by atoms with E-state index in [0.717, 1.165) is 38.8 Å². The minimum absolute atomic E-state index is 0.824. The standard InChI is InChI=1S/C37H26N2OSi/c1-4-13-28(14-5-1)41(29-15-6-2-7-16-29,30-17-8-3-9-18-30)31-24-22-27(23-25-31)39-36-33(20-12-26-38-36)35-32-19-10-11-21-34(32)40-37(35)39/h1-26H. The summed E-state index contributed by atoms with van der Waals surface area (Å²) in [6.07, 6.45) is 1.85. The van der Waals surface area contributed by atoms with Crippen LogP contribution in [0.2, 0.25) is 0 Å². The molecule has 0 radical (unpaired) electrons. The number of para-hydroxylation sites is 1. The highest BCUT2D eigenvalue weighted by molar-refractivity contribution is 7.19. The molecule has 0 unspecified atom stereocenters. The quantitative estimate of drug-likeness (QED) is 0.189. The molecule has 0 bridgehead atoms. The molecular weight excluding hydrogens is 517 g/mol. The molecule has 4 heteroatoms. The lowest BCUT2D eigenvalue weighted by atomic mass is 10.1. The van der Waals surface area contributed by atoms with E-state index >= 15 is 0 Å². The Morgan fingerprint density at radius 2 is 1.00 bits per heavy atom. The van der Waals surface area contributed by atoms with Gasteiger partial charge in [0.15, 0.2) is 8.07 Å². The van der Waals surface area contributed by atoms with Gasteiger partial charge in [-0.15, -0.1) is 0 Å². The minimum atomic E-state index is -2.59. The van der Waals surface area contributed by atoms with Gasteiger partial charge in [0.05, 0.1) is 11.1 Å². The minimum Gasteiger partial charge on any atom is -0.439 e. The number of benzene rings is 5. The number of hydrogen-bond donors (Lipinski definition) is 0. The van der Waals surface area contributed by atoms with Crippen LogP contribution in [-0.2, 0) is 0 Å². The molecule has 41 heavy (non-hydrogen) atoms. The zero-order chi connectivity index (χ0) is 27.2. The van der Waals surface area contributed by atoms with Crippen LogP contribution in [0.15, 0.2) is 162 Å². The van der Waals surface area contributed by atoms with Gasteiger partial charge in [0.2, 0.25) is 5.71 Å². The summed E-state index contributed by atoms with van der Waals surface area (Å²) in [7, 11) is -2.59. The number of hydrogen-bond acceptors (Lipinski definition) is 2. The van der Waals surface area contributed by atoms with E-state index in [0.29, 0.717) is 0 Å². The highest BCUT2D eigenvalue weighted by atomic mass is 28.3. The van der Waals surface area contributed by atoms with Gasteiger partial charge < -0.3 is 4.42 Å². The van der Waals surface area contributed by atoms with E-state index in [9.17, 15) is 0 Å². The molecule has 0 saturated heterocycles. The highest BCUT2D eigenvalue weighted by Gasteiger charge is 2.41. The van der Waals surface area contributed by atoms with Crippen LogP contribution in [0, 0.1) is 0 Å². The topological polar surface area (TPSA) is 31.0 Å². The third kappa shape index (κ3) is 3.54. The molecule has 0 fully saturated rings. The molecule has 0 aliphatic heterocycles. The number of pyridine rings is 1. The largest absolute Gasteiger partial charge is 0.439 e. The summed E-state index contributed by atoms with van der Waals surface area (Å²) < 4.78 is 8.62. The molecule has 3 aromatic heterocycles. The fourth-order valence-corrected chi connectivity index (χ4v) is 11.2. The van der Waals surface area contributed by atoms with Gasteiger partial charge in [-0.05, 0) is 51.1 Å². The Hall–Kier alpha value is -5.19. The molecule has 0 N–H and O–H groups in total. The maximum atomic E-state index is 6.46. The van der Waals surface area contributed by atoms with Crippen molar-refractivity contribution in [1.29, 1.82) is 0 Å². The van der Waals surface area contributed by atoms with Crippen LogP contribution in [0.25, 0.3) is 38.8 Å². The third-order valence-corrected chi connectivity index (χ3v) is 13.0. The van der Waals surface area contributed by atoms with Gasteiger partial charge in [0.1, 0.15) is 11.2 Å². The molecule has 8 rings (SSSR count). The Balaban J connectivity index is 1.39. The first kappa shape index (κ1) is 23.7. The van der Waals surface area contributed by atoms with Crippen molar-refractivity contribution in [2.24, 2.45) is 0 Å². The molecule has 0 atom stereocenters. The van der Waals surface area contributed by atoms with Gasteiger partial charge in [-0.25, -0.2) is 4.98 Å². The van der Waals surface area contributed by atoms with Crippen LogP contribution < -0.4 is 20.7 Å². The molecule has 3 heterocycles. The first-order valence-corrected chi connectivity index (χ1v) is 15.9. The van der Waals surface area contributed by atoms with E-state index in [1.54, 1.807) is 0 Å². The fourth-order valence-electron chi connectivity index (χ4n) is 6.48. The smallest absolute Gasteiger partial charge is 0.215 e. The van der Waals surface area contributed by atoms with Crippen LogP contribution in [-0.4, -0.2) is 17.6 Å². The number of aromatic nitrogens is 2. The molecular formula is C37H26N2OSi. The van der Waals surface area contributed by atoms with E-state index < -0.39 is 8.07 Å². The van der Waals surface area contributed by atoms with Gasteiger partial charge in [0.25, 0.3) is 0 Å². The van der Waals surface area contributed by atoms with Crippen molar-refractivity contribution in [2.45, 2.75) is 0 Å². The van der Waals surface area contributed by atoms with Crippen molar-refractivity contribution >= 4 is 61.9 Å². The van der Waals surface area contributed by atoms with E-state index in [4.69, 9.17) is 9.40 Å². The molecule has 0 aliphatic carbocycles. The highest BCUT2D eigenvalue weighted by Crippen LogP contribution is 2.37. The Bertz CT molecular complexity index is 2030. The second-order valence-corrected chi connectivity index (χ2v) is 14.2. The zero-order valence-electron chi connectivity index (χ0n) is 22.3. The fraction of sp³-hybridized carbons (Fsp3) is 0. The van der Waals surface area contributed by atoms with E-state index in [-0.39, 0.29) is 0 Å². The van der Waals surface area contributed by atoms with Crippen molar-refractivity contribution in [1.82, 2.24) is 9.55 Å². The van der Waals surface area contributed by atoms with Crippen molar-refractivity contribution < 1.29 is 4.42 Å². The zero-order valence-corrected chi connectivity index (χ0v) is 23.3. The summed E-state index contributed by atoms with van der Waals surface area (Å²) in [5, 5.41) is 8.72. The monoisotopic (exact) mass is 542 g/mol. The van der Waals surface area contributed by atoms with Crippen LogP contribution >= 0.6 is 0 Å².